The van der Waals surface area contributed by atoms with Crippen LogP contribution in [0.5, 0.6) is 0 Å². The van der Waals surface area contributed by atoms with Crippen molar-refractivity contribution in [2.75, 3.05) is 12.4 Å². The predicted molar refractivity (Wildman–Crippen MR) is 74.6 cm³/mol. The molecule has 2 rings (SSSR count). The van der Waals surface area contributed by atoms with Gasteiger partial charge in [0.05, 0.1) is 0 Å². The summed E-state index contributed by atoms with van der Waals surface area (Å²) in [4.78, 5) is 0. The van der Waals surface area contributed by atoms with Crippen LogP contribution < -0.4 is 5.32 Å². The molecule has 94 valence electrons. The van der Waals surface area contributed by atoms with Gasteiger partial charge in [0.15, 0.2) is 0 Å². The van der Waals surface area contributed by atoms with Crippen LogP contribution in [0.25, 0.3) is 0 Å². The maximum Gasteiger partial charge on any atom is 0.0266 e. The van der Waals surface area contributed by atoms with E-state index in [0.717, 1.165) is 18.8 Å². The fourth-order valence-corrected chi connectivity index (χ4v) is 3.08. The molecule has 2 atom stereocenters. The van der Waals surface area contributed by atoms with Crippen molar-refractivity contribution < 1.29 is 0 Å². The molecule has 0 aliphatic heterocycles. The Hall–Kier alpha value is -0.530. The van der Waals surface area contributed by atoms with Gasteiger partial charge in [0.25, 0.3) is 0 Å². The van der Waals surface area contributed by atoms with Crippen molar-refractivity contribution in [2.24, 2.45) is 5.92 Å². The minimum atomic E-state index is 0.643. The summed E-state index contributed by atoms with van der Waals surface area (Å²) in [5.41, 5.74) is 1.42. The molecular formula is C15H22ClN. The summed E-state index contributed by atoms with van der Waals surface area (Å²) >= 11 is 6.03. The summed E-state index contributed by atoms with van der Waals surface area (Å²) in [6, 6.07) is 11.3. The number of halogens is 1. The standard InChI is InChI=1S/C15H22ClN/c16-12-14-8-4-5-9-15(14)17-11-10-13-6-2-1-3-7-13/h1-3,6-7,14-15,17H,4-5,8-12H2. The fourth-order valence-electron chi connectivity index (χ4n) is 2.71. The molecule has 1 fully saturated rings. The molecule has 17 heavy (non-hydrogen) atoms. The van der Waals surface area contributed by atoms with Gasteiger partial charge < -0.3 is 5.32 Å². The molecule has 0 amide bonds. The van der Waals surface area contributed by atoms with E-state index in [1.165, 1.54) is 31.2 Å². The van der Waals surface area contributed by atoms with Gasteiger partial charge in [0.1, 0.15) is 0 Å². The molecule has 2 heteroatoms. The Morgan fingerprint density at radius 1 is 1.12 bits per heavy atom. The van der Waals surface area contributed by atoms with Crippen LogP contribution in [-0.4, -0.2) is 18.5 Å². The first-order valence-electron chi connectivity index (χ1n) is 6.73. The van der Waals surface area contributed by atoms with E-state index in [-0.39, 0.29) is 0 Å². The summed E-state index contributed by atoms with van der Waals surface area (Å²) in [6.07, 6.45) is 6.43. The summed E-state index contributed by atoms with van der Waals surface area (Å²) in [7, 11) is 0. The third kappa shape index (κ3) is 4.01. The normalized spacial score (nSPS) is 24.8. The van der Waals surface area contributed by atoms with Gasteiger partial charge in [-0.25, -0.2) is 0 Å². The van der Waals surface area contributed by atoms with Gasteiger partial charge >= 0.3 is 0 Å². The van der Waals surface area contributed by atoms with Crippen LogP contribution in [0.3, 0.4) is 0 Å². The van der Waals surface area contributed by atoms with Crippen LogP contribution in [0.4, 0.5) is 0 Å². The van der Waals surface area contributed by atoms with E-state index in [9.17, 15) is 0 Å². The highest BCUT2D eigenvalue weighted by Gasteiger charge is 2.23. The van der Waals surface area contributed by atoms with E-state index in [2.05, 4.69) is 35.6 Å². The minimum Gasteiger partial charge on any atom is -0.313 e. The van der Waals surface area contributed by atoms with Crippen molar-refractivity contribution in [3.8, 4) is 0 Å². The van der Waals surface area contributed by atoms with E-state index in [1.807, 2.05) is 0 Å². The van der Waals surface area contributed by atoms with Gasteiger partial charge in [-0.2, -0.15) is 0 Å². The first-order chi connectivity index (χ1) is 8.40. The lowest BCUT2D eigenvalue weighted by atomic mass is 9.85. The van der Waals surface area contributed by atoms with Gasteiger partial charge in [0, 0.05) is 11.9 Å². The molecule has 0 saturated heterocycles. The Morgan fingerprint density at radius 3 is 2.65 bits per heavy atom. The zero-order chi connectivity index (χ0) is 11.9. The topological polar surface area (TPSA) is 12.0 Å². The first-order valence-corrected chi connectivity index (χ1v) is 7.27. The highest BCUT2D eigenvalue weighted by molar-refractivity contribution is 6.18. The number of hydrogen-bond donors (Lipinski definition) is 1. The fraction of sp³-hybridized carbons (Fsp3) is 0.600. The Bertz CT molecular complexity index is 312. The minimum absolute atomic E-state index is 0.643. The molecule has 0 radical (unpaired) electrons. The first kappa shape index (κ1) is 12.9. The highest BCUT2D eigenvalue weighted by atomic mass is 35.5. The van der Waals surface area contributed by atoms with Crippen LogP contribution in [0.2, 0.25) is 0 Å². The Balaban J connectivity index is 1.74. The smallest absolute Gasteiger partial charge is 0.0266 e. The van der Waals surface area contributed by atoms with Gasteiger partial charge in [0.2, 0.25) is 0 Å². The monoisotopic (exact) mass is 251 g/mol. The van der Waals surface area contributed by atoms with Crippen LogP contribution in [0.1, 0.15) is 31.2 Å². The van der Waals surface area contributed by atoms with Crippen molar-refractivity contribution in [3.05, 3.63) is 35.9 Å². The van der Waals surface area contributed by atoms with E-state index in [1.54, 1.807) is 0 Å². The predicted octanol–water partition coefficient (Wildman–Crippen LogP) is 3.62. The molecule has 1 saturated carbocycles. The molecule has 1 nitrogen and oxygen atoms in total. The maximum atomic E-state index is 6.03. The summed E-state index contributed by atoms with van der Waals surface area (Å²) < 4.78 is 0. The van der Waals surface area contributed by atoms with Crippen molar-refractivity contribution in [3.63, 3.8) is 0 Å². The number of nitrogens with one attached hydrogen (secondary N) is 1. The van der Waals surface area contributed by atoms with Crippen molar-refractivity contribution in [1.29, 1.82) is 0 Å². The SMILES string of the molecule is ClCC1CCCCC1NCCc1ccccc1. The third-order valence-electron chi connectivity index (χ3n) is 3.77. The Labute approximate surface area is 110 Å². The molecule has 0 bridgehead atoms. The second-order valence-electron chi connectivity index (χ2n) is 5.00. The lowest BCUT2D eigenvalue weighted by molar-refractivity contribution is 0.285. The summed E-state index contributed by atoms with van der Waals surface area (Å²) in [6.45, 7) is 1.07. The van der Waals surface area contributed by atoms with Crippen molar-refractivity contribution in [1.82, 2.24) is 5.32 Å². The number of benzene rings is 1. The Kier molecular flexibility index (Phi) is 5.34. The molecule has 0 heterocycles. The average molecular weight is 252 g/mol. The zero-order valence-electron chi connectivity index (χ0n) is 10.4. The molecule has 0 spiro atoms. The van der Waals surface area contributed by atoms with Gasteiger partial charge in [-0.15, -0.1) is 11.6 Å². The zero-order valence-corrected chi connectivity index (χ0v) is 11.1. The molecule has 1 aromatic carbocycles. The van der Waals surface area contributed by atoms with Gasteiger partial charge in [-0.1, -0.05) is 43.2 Å². The largest absolute Gasteiger partial charge is 0.313 e. The van der Waals surface area contributed by atoms with Crippen molar-refractivity contribution >= 4 is 11.6 Å². The third-order valence-corrected chi connectivity index (χ3v) is 4.17. The number of rotatable bonds is 5. The second kappa shape index (κ2) is 7.03. The van der Waals surface area contributed by atoms with Gasteiger partial charge in [-0.05, 0) is 37.3 Å². The van der Waals surface area contributed by atoms with Crippen LogP contribution >= 0.6 is 11.6 Å². The summed E-state index contributed by atoms with van der Waals surface area (Å²) in [5, 5.41) is 3.69. The molecule has 2 unspecified atom stereocenters. The second-order valence-corrected chi connectivity index (χ2v) is 5.30. The molecule has 1 aliphatic carbocycles. The average Bonchev–Trinajstić information content (AvgIpc) is 2.40. The van der Waals surface area contributed by atoms with Crippen LogP contribution in [0, 0.1) is 5.92 Å². The molecular weight excluding hydrogens is 230 g/mol. The highest BCUT2D eigenvalue weighted by Crippen LogP contribution is 2.25. The number of alkyl halides is 1. The lowest BCUT2D eigenvalue weighted by Gasteiger charge is -2.31. The maximum absolute atomic E-state index is 6.03. The quantitative estimate of drug-likeness (QED) is 0.789. The van der Waals surface area contributed by atoms with Crippen LogP contribution in [0.15, 0.2) is 30.3 Å². The van der Waals surface area contributed by atoms with E-state index < -0.39 is 0 Å². The van der Waals surface area contributed by atoms with Crippen LogP contribution in [-0.2, 0) is 6.42 Å². The van der Waals surface area contributed by atoms with Crippen molar-refractivity contribution in [2.45, 2.75) is 38.1 Å². The Morgan fingerprint density at radius 2 is 1.88 bits per heavy atom. The van der Waals surface area contributed by atoms with E-state index in [4.69, 9.17) is 11.6 Å². The number of hydrogen-bond acceptors (Lipinski definition) is 1. The molecule has 0 aromatic heterocycles. The van der Waals surface area contributed by atoms with Gasteiger partial charge in [-0.3, -0.25) is 0 Å². The lowest BCUT2D eigenvalue weighted by Crippen LogP contribution is -2.40. The van der Waals surface area contributed by atoms with E-state index in [0.29, 0.717) is 12.0 Å². The summed E-state index contributed by atoms with van der Waals surface area (Å²) in [5.74, 6) is 1.49. The molecule has 1 aromatic rings. The van der Waals surface area contributed by atoms with E-state index >= 15 is 0 Å². The molecule has 1 N–H and O–H groups in total. The molecule has 1 aliphatic rings.